The Morgan fingerprint density at radius 2 is 2.05 bits per heavy atom. The lowest BCUT2D eigenvalue weighted by Crippen LogP contribution is -2.56. The molecule has 6 heteroatoms. The summed E-state index contributed by atoms with van der Waals surface area (Å²) in [6.45, 7) is 4.28. The Morgan fingerprint density at radius 3 is 2.57 bits per heavy atom. The first-order chi connectivity index (χ1) is 9.91. The Hall–Kier alpha value is -1.98. The molecule has 2 rings (SSSR count). The van der Waals surface area contributed by atoms with E-state index in [0.717, 1.165) is 6.42 Å². The Kier molecular flexibility index (Phi) is 4.25. The van der Waals surface area contributed by atoms with Gasteiger partial charge in [-0.15, -0.1) is 0 Å². The van der Waals surface area contributed by atoms with Crippen LogP contribution in [-0.2, 0) is 15.1 Å². The highest BCUT2D eigenvalue weighted by atomic mass is 16.2. The number of likely N-dealkylation sites (tertiary alicyclic amines) is 1. The maximum Gasteiger partial charge on any atom is 0.254 e. The van der Waals surface area contributed by atoms with Crippen LogP contribution >= 0.6 is 0 Å². The SMILES string of the molecule is CC(C)C(=O)N1CCCC1(C(=O)N(C)C)c1cnccn1. The van der Waals surface area contributed by atoms with E-state index in [1.165, 1.54) is 4.90 Å². The van der Waals surface area contributed by atoms with Gasteiger partial charge in [0.2, 0.25) is 5.91 Å². The van der Waals surface area contributed by atoms with Crippen LogP contribution < -0.4 is 0 Å². The van der Waals surface area contributed by atoms with E-state index in [9.17, 15) is 9.59 Å². The summed E-state index contributed by atoms with van der Waals surface area (Å²) in [5.74, 6) is -0.294. The van der Waals surface area contributed by atoms with Crippen LogP contribution in [0.25, 0.3) is 0 Å². The van der Waals surface area contributed by atoms with Gasteiger partial charge in [-0.2, -0.15) is 0 Å². The van der Waals surface area contributed by atoms with Crippen molar-refractivity contribution < 1.29 is 9.59 Å². The molecule has 0 spiro atoms. The molecule has 1 aromatic heterocycles. The summed E-state index contributed by atoms with van der Waals surface area (Å²) >= 11 is 0. The minimum atomic E-state index is -1.01. The standard InChI is InChI=1S/C15H22N4O2/c1-11(2)13(20)19-9-5-6-15(19,14(21)18(3)4)12-10-16-7-8-17-12/h7-8,10-11H,5-6,9H2,1-4H3. The molecule has 2 heterocycles. The zero-order chi connectivity index (χ0) is 15.6. The summed E-state index contributed by atoms with van der Waals surface area (Å²) in [6.07, 6.45) is 6.10. The first-order valence-corrected chi connectivity index (χ1v) is 7.21. The lowest BCUT2D eigenvalue weighted by Gasteiger charge is -2.39. The van der Waals surface area contributed by atoms with Gasteiger partial charge in [-0.1, -0.05) is 13.8 Å². The van der Waals surface area contributed by atoms with E-state index in [2.05, 4.69) is 9.97 Å². The Balaban J connectivity index is 2.56. The summed E-state index contributed by atoms with van der Waals surface area (Å²) in [5.41, 5.74) is -0.464. The topological polar surface area (TPSA) is 66.4 Å². The molecule has 1 atom stereocenters. The van der Waals surface area contributed by atoms with Crippen molar-refractivity contribution in [3.8, 4) is 0 Å². The number of carbonyl (C=O) groups is 2. The van der Waals surface area contributed by atoms with Crippen molar-refractivity contribution in [1.82, 2.24) is 19.8 Å². The molecule has 0 bridgehead atoms. The molecule has 0 aromatic carbocycles. The summed E-state index contributed by atoms with van der Waals surface area (Å²) in [4.78, 5) is 37.1. The predicted octanol–water partition coefficient (Wildman–Crippen LogP) is 1.04. The van der Waals surface area contributed by atoms with E-state index < -0.39 is 5.54 Å². The average molecular weight is 290 g/mol. The van der Waals surface area contributed by atoms with Crippen molar-refractivity contribution in [3.05, 3.63) is 24.3 Å². The molecule has 0 saturated carbocycles. The van der Waals surface area contributed by atoms with Crippen molar-refractivity contribution in [2.45, 2.75) is 32.2 Å². The van der Waals surface area contributed by atoms with Crippen LogP contribution in [0.1, 0.15) is 32.4 Å². The fourth-order valence-electron chi connectivity index (χ4n) is 2.91. The van der Waals surface area contributed by atoms with Crippen molar-refractivity contribution in [2.24, 2.45) is 5.92 Å². The van der Waals surface area contributed by atoms with Gasteiger partial charge in [-0.3, -0.25) is 19.6 Å². The zero-order valence-corrected chi connectivity index (χ0v) is 13.0. The van der Waals surface area contributed by atoms with Gasteiger partial charge in [-0.05, 0) is 12.8 Å². The van der Waals surface area contributed by atoms with E-state index >= 15 is 0 Å². The number of likely N-dealkylation sites (N-methyl/N-ethyl adjacent to an activating group) is 1. The number of hydrogen-bond acceptors (Lipinski definition) is 4. The summed E-state index contributed by atoms with van der Waals surface area (Å²) < 4.78 is 0. The quantitative estimate of drug-likeness (QED) is 0.834. The maximum absolute atomic E-state index is 12.9. The zero-order valence-electron chi connectivity index (χ0n) is 13.0. The van der Waals surface area contributed by atoms with Crippen molar-refractivity contribution in [3.63, 3.8) is 0 Å². The van der Waals surface area contributed by atoms with Crippen molar-refractivity contribution in [2.75, 3.05) is 20.6 Å². The molecule has 1 aliphatic heterocycles. The molecule has 2 amide bonds. The van der Waals surface area contributed by atoms with Gasteiger partial charge in [0, 0.05) is 39.0 Å². The van der Waals surface area contributed by atoms with Crippen molar-refractivity contribution >= 4 is 11.8 Å². The van der Waals surface area contributed by atoms with Crippen LogP contribution in [0.2, 0.25) is 0 Å². The summed E-state index contributed by atoms with van der Waals surface area (Å²) in [5, 5.41) is 0. The van der Waals surface area contributed by atoms with E-state index in [4.69, 9.17) is 0 Å². The minimum Gasteiger partial charge on any atom is -0.346 e. The van der Waals surface area contributed by atoms with Crippen molar-refractivity contribution in [1.29, 1.82) is 0 Å². The molecule has 6 nitrogen and oxygen atoms in total. The van der Waals surface area contributed by atoms with Gasteiger partial charge in [0.05, 0.1) is 11.9 Å². The van der Waals surface area contributed by atoms with E-state index in [0.29, 0.717) is 18.7 Å². The normalized spacial score (nSPS) is 21.7. The highest BCUT2D eigenvalue weighted by molar-refractivity contribution is 5.93. The smallest absolute Gasteiger partial charge is 0.254 e. The fourth-order valence-corrected chi connectivity index (χ4v) is 2.91. The predicted molar refractivity (Wildman–Crippen MR) is 78.2 cm³/mol. The second-order valence-electron chi connectivity index (χ2n) is 5.90. The van der Waals surface area contributed by atoms with E-state index in [-0.39, 0.29) is 17.7 Å². The maximum atomic E-state index is 12.9. The van der Waals surface area contributed by atoms with Gasteiger partial charge >= 0.3 is 0 Å². The molecular formula is C15H22N4O2. The van der Waals surface area contributed by atoms with Crippen LogP contribution in [0.4, 0.5) is 0 Å². The fraction of sp³-hybridized carbons (Fsp3) is 0.600. The van der Waals surface area contributed by atoms with Crippen LogP contribution in [0, 0.1) is 5.92 Å². The number of hydrogen-bond donors (Lipinski definition) is 0. The summed E-state index contributed by atoms with van der Waals surface area (Å²) in [7, 11) is 3.41. The van der Waals surface area contributed by atoms with Crippen LogP contribution in [0.3, 0.4) is 0 Å². The molecule has 1 fully saturated rings. The molecule has 1 aromatic rings. The van der Waals surface area contributed by atoms with Gasteiger partial charge in [0.25, 0.3) is 5.91 Å². The minimum absolute atomic E-state index is 0.0200. The highest BCUT2D eigenvalue weighted by Crippen LogP contribution is 2.40. The Bertz CT molecular complexity index is 530. The van der Waals surface area contributed by atoms with Gasteiger partial charge < -0.3 is 9.80 Å². The van der Waals surface area contributed by atoms with E-state index in [1.54, 1.807) is 37.6 Å². The van der Waals surface area contributed by atoms with Gasteiger partial charge in [0.15, 0.2) is 5.54 Å². The number of aromatic nitrogens is 2. The highest BCUT2D eigenvalue weighted by Gasteiger charge is 2.53. The number of amides is 2. The Labute approximate surface area is 125 Å². The second kappa shape index (κ2) is 5.79. The average Bonchev–Trinajstić information content (AvgIpc) is 2.91. The number of nitrogens with zero attached hydrogens (tertiary/aromatic N) is 4. The monoisotopic (exact) mass is 290 g/mol. The molecule has 1 unspecified atom stereocenters. The third-order valence-corrected chi connectivity index (χ3v) is 3.89. The molecule has 0 N–H and O–H groups in total. The van der Waals surface area contributed by atoms with Crippen LogP contribution in [-0.4, -0.2) is 52.2 Å². The summed E-state index contributed by atoms with van der Waals surface area (Å²) in [6, 6.07) is 0. The van der Waals surface area contributed by atoms with Crippen LogP contribution in [0.15, 0.2) is 18.6 Å². The van der Waals surface area contributed by atoms with Gasteiger partial charge in [-0.25, -0.2) is 0 Å². The molecular weight excluding hydrogens is 268 g/mol. The third-order valence-electron chi connectivity index (χ3n) is 3.89. The van der Waals surface area contributed by atoms with Crippen LogP contribution in [0.5, 0.6) is 0 Å². The lowest BCUT2D eigenvalue weighted by atomic mass is 9.89. The largest absolute Gasteiger partial charge is 0.346 e. The van der Waals surface area contributed by atoms with E-state index in [1.807, 2.05) is 13.8 Å². The molecule has 0 aliphatic carbocycles. The third kappa shape index (κ3) is 2.50. The molecule has 1 aliphatic rings. The van der Waals surface area contributed by atoms with Gasteiger partial charge in [0.1, 0.15) is 0 Å². The molecule has 0 radical (unpaired) electrons. The second-order valence-corrected chi connectivity index (χ2v) is 5.90. The first kappa shape index (κ1) is 15.4. The molecule has 21 heavy (non-hydrogen) atoms. The lowest BCUT2D eigenvalue weighted by molar-refractivity contribution is -0.152. The molecule has 114 valence electrons. The number of rotatable bonds is 3. The Morgan fingerprint density at radius 1 is 1.33 bits per heavy atom. The first-order valence-electron chi connectivity index (χ1n) is 7.21. The number of carbonyl (C=O) groups excluding carboxylic acids is 2. The molecule has 1 saturated heterocycles.